The van der Waals surface area contributed by atoms with Crippen molar-refractivity contribution >= 4 is 11.8 Å². The van der Waals surface area contributed by atoms with E-state index in [2.05, 4.69) is 25.7 Å². The van der Waals surface area contributed by atoms with E-state index in [4.69, 9.17) is 9.26 Å². The number of nitrogens with zero attached hydrogens (tertiary/aromatic N) is 4. The van der Waals surface area contributed by atoms with E-state index < -0.39 is 0 Å². The first-order valence-corrected chi connectivity index (χ1v) is 7.52. The SMILES string of the molecule is COc1ccc(-c2noc(CC3CSCCN3)n2)nn1. The van der Waals surface area contributed by atoms with Crippen molar-refractivity contribution in [1.29, 1.82) is 0 Å². The van der Waals surface area contributed by atoms with Crippen LogP contribution >= 0.6 is 11.8 Å². The van der Waals surface area contributed by atoms with E-state index in [0.717, 1.165) is 24.5 Å². The maximum atomic E-state index is 5.27. The van der Waals surface area contributed by atoms with Crippen molar-refractivity contribution in [3.05, 3.63) is 18.0 Å². The largest absolute Gasteiger partial charge is 0.480 e. The fourth-order valence-corrected chi connectivity index (χ4v) is 2.90. The van der Waals surface area contributed by atoms with Crippen molar-refractivity contribution in [3.8, 4) is 17.4 Å². The molecular formula is C12H15N5O2S. The number of aromatic nitrogens is 4. The topological polar surface area (TPSA) is 86.0 Å². The molecule has 7 nitrogen and oxygen atoms in total. The smallest absolute Gasteiger partial charge is 0.233 e. The Morgan fingerprint density at radius 3 is 3.10 bits per heavy atom. The van der Waals surface area contributed by atoms with Gasteiger partial charge < -0.3 is 14.6 Å². The molecule has 2 aromatic rings. The van der Waals surface area contributed by atoms with E-state index in [-0.39, 0.29) is 0 Å². The molecule has 0 aliphatic carbocycles. The zero-order valence-corrected chi connectivity index (χ0v) is 11.9. The highest BCUT2D eigenvalue weighted by molar-refractivity contribution is 7.99. The van der Waals surface area contributed by atoms with E-state index in [0.29, 0.717) is 29.3 Å². The Kier molecular flexibility index (Phi) is 4.12. The van der Waals surface area contributed by atoms with Gasteiger partial charge in [-0.2, -0.15) is 16.7 Å². The molecule has 2 aromatic heterocycles. The molecule has 0 amide bonds. The summed E-state index contributed by atoms with van der Waals surface area (Å²) in [5.41, 5.74) is 0.576. The monoisotopic (exact) mass is 293 g/mol. The lowest BCUT2D eigenvalue weighted by Gasteiger charge is -2.21. The van der Waals surface area contributed by atoms with Gasteiger partial charge in [-0.25, -0.2) is 0 Å². The third-order valence-corrected chi connectivity index (χ3v) is 4.10. The minimum absolute atomic E-state index is 0.393. The molecule has 0 spiro atoms. The summed E-state index contributed by atoms with van der Waals surface area (Å²) in [7, 11) is 1.55. The molecule has 1 aliphatic rings. The van der Waals surface area contributed by atoms with Crippen LogP contribution in [-0.4, -0.2) is 51.5 Å². The number of ether oxygens (including phenoxy) is 1. The number of nitrogens with one attached hydrogen (secondary N) is 1. The lowest BCUT2D eigenvalue weighted by atomic mass is 10.2. The molecule has 1 saturated heterocycles. The maximum Gasteiger partial charge on any atom is 0.233 e. The molecular weight excluding hydrogens is 278 g/mol. The quantitative estimate of drug-likeness (QED) is 0.885. The van der Waals surface area contributed by atoms with Gasteiger partial charge in [-0.05, 0) is 6.07 Å². The predicted octanol–water partition coefficient (Wildman–Crippen LogP) is 0.783. The molecule has 0 saturated carbocycles. The van der Waals surface area contributed by atoms with E-state index >= 15 is 0 Å². The zero-order valence-electron chi connectivity index (χ0n) is 11.1. The van der Waals surface area contributed by atoms with Gasteiger partial charge in [0.05, 0.1) is 7.11 Å². The van der Waals surface area contributed by atoms with Crippen LogP contribution in [0.5, 0.6) is 5.88 Å². The lowest BCUT2D eigenvalue weighted by molar-refractivity contribution is 0.363. The van der Waals surface area contributed by atoms with Gasteiger partial charge in [0.1, 0.15) is 5.69 Å². The number of hydrogen-bond acceptors (Lipinski definition) is 8. The summed E-state index contributed by atoms with van der Waals surface area (Å²) >= 11 is 1.94. The molecule has 8 heteroatoms. The highest BCUT2D eigenvalue weighted by Crippen LogP contribution is 2.16. The van der Waals surface area contributed by atoms with Crippen LogP contribution in [0.3, 0.4) is 0 Å². The normalized spacial score (nSPS) is 18.9. The van der Waals surface area contributed by atoms with Crippen LogP contribution in [0.1, 0.15) is 5.89 Å². The van der Waals surface area contributed by atoms with Gasteiger partial charge in [-0.3, -0.25) is 0 Å². The number of thioether (sulfide) groups is 1. The molecule has 0 bridgehead atoms. The second kappa shape index (κ2) is 6.19. The van der Waals surface area contributed by atoms with Crippen LogP contribution in [-0.2, 0) is 6.42 Å². The standard InChI is InChI=1S/C12H15N5O2S/c1-18-10-3-2-9(15-16-10)12-14-11(19-17-12)6-8-7-20-5-4-13-8/h2-3,8,13H,4-7H2,1H3. The summed E-state index contributed by atoms with van der Waals surface area (Å²) in [4.78, 5) is 4.36. The molecule has 1 N–H and O–H groups in total. The van der Waals surface area contributed by atoms with Crippen molar-refractivity contribution in [2.45, 2.75) is 12.5 Å². The highest BCUT2D eigenvalue weighted by atomic mass is 32.2. The summed E-state index contributed by atoms with van der Waals surface area (Å²) in [6, 6.07) is 3.87. The first-order chi connectivity index (χ1) is 9.85. The molecule has 0 radical (unpaired) electrons. The molecule has 0 aromatic carbocycles. The number of rotatable bonds is 4. The predicted molar refractivity (Wildman–Crippen MR) is 74.7 cm³/mol. The Morgan fingerprint density at radius 1 is 1.45 bits per heavy atom. The Balaban J connectivity index is 1.68. The fourth-order valence-electron chi connectivity index (χ4n) is 1.95. The second-order valence-corrected chi connectivity index (χ2v) is 5.55. The van der Waals surface area contributed by atoms with Crippen LogP contribution in [0.2, 0.25) is 0 Å². The van der Waals surface area contributed by atoms with E-state index in [9.17, 15) is 0 Å². The van der Waals surface area contributed by atoms with Crippen molar-refractivity contribution in [3.63, 3.8) is 0 Å². The van der Waals surface area contributed by atoms with Crippen molar-refractivity contribution in [1.82, 2.24) is 25.7 Å². The van der Waals surface area contributed by atoms with Crippen LogP contribution in [0, 0.1) is 0 Å². The van der Waals surface area contributed by atoms with Gasteiger partial charge >= 0.3 is 0 Å². The molecule has 3 rings (SSSR count). The van der Waals surface area contributed by atoms with Gasteiger partial charge in [0.15, 0.2) is 0 Å². The van der Waals surface area contributed by atoms with Crippen molar-refractivity contribution in [2.24, 2.45) is 0 Å². The summed E-state index contributed by atoms with van der Waals surface area (Å²) < 4.78 is 10.2. The minimum Gasteiger partial charge on any atom is -0.480 e. The van der Waals surface area contributed by atoms with Gasteiger partial charge in [-0.1, -0.05) is 5.16 Å². The first-order valence-electron chi connectivity index (χ1n) is 6.37. The Morgan fingerprint density at radius 2 is 2.40 bits per heavy atom. The average Bonchev–Trinajstić information content (AvgIpc) is 2.97. The third-order valence-electron chi connectivity index (χ3n) is 2.97. The van der Waals surface area contributed by atoms with Crippen molar-refractivity contribution in [2.75, 3.05) is 25.2 Å². The van der Waals surface area contributed by atoms with Gasteiger partial charge in [0, 0.05) is 36.6 Å². The van der Waals surface area contributed by atoms with Crippen LogP contribution in [0.15, 0.2) is 16.7 Å². The lowest BCUT2D eigenvalue weighted by Crippen LogP contribution is -2.38. The Bertz CT molecular complexity index is 553. The molecule has 1 unspecified atom stereocenters. The third kappa shape index (κ3) is 3.07. The maximum absolute atomic E-state index is 5.27. The number of methoxy groups -OCH3 is 1. The summed E-state index contributed by atoms with van der Waals surface area (Å²) in [6.07, 6.45) is 0.740. The highest BCUT2D eigenvalue weighted by Gasteiger charge is 2.18. The Labute approximate surface area is 120 Å². The number of hydrogen-bond donors (Lipinski definition) is 1. The molecule has 1 atom stereocenters. The summed E-state index contributed by atoms with van der Waals surface area (Å²) in [5.74, 6) is 3.77. The van der Waals surface area contributed by atoms with E-state index in [1.54, 1.807) is 19.2 Å². The minimum atomic E-state index is 0.393. The molecule has 3 heterocycles. The zero-order chi connectivity index (χ0) is 13.8. The van der Waals surface area contributed by atoms with Gasteiger partial charge in [0.2, 0.25) is 17.6 Å². The summed E-state index contributed by atoms with van der Waals surface area (Å²) in [6.45, 7) is 1.03. The molecule has 1 aliphatic heterocycles. The van der Waals surface area contributed by atoms with Crippen LogP contribution in [0.4, 0.5) is 0 Å². The van der Waals surface area contributed by atoms with Crippen LogP contribution < -0.4 is 10.1 Å². The molecule has 106 valence electrons. The van der Waals surface area contributed by atoms with E-state index in [1.165, 1.54) is 0 Å². The average molecular weight is 293 g/mol. The van der Waals surface area contributed by atoms with Gasteiger partial charge in [0.25, 0.3) is 0 Å². The second-order valence-electron chi connectivity index (χ2n) is 4.40. The molecule has 20 heavy (non-hydrogen) atoms. The van der Waals surface area contributed by atoms with Crippen LogP contribution in [0.25, 0.3) is 11.5 Å². The van der Waals surface area contributed by atoms with E-state index in [1.807, 2.05) is 11.8 Å². The molecule has 1 fully saturated rings. The van der Waals surface area contributed by atoms with Gasteiger partial charge in [-0.15, -0.1) is 10.2 Å². The fraction of sp³-hybridized carbons (Fsp3) is 0.500. The Hall–Kier alpha value is -1.67. The summed E-state index contributed by atoms with van der Waals surface area (Å²) in [5, 5.41) is 15.3. The van der Waals surface area contributed by atoms with Crippen molar-refractivity contribution < 1.29 is 9.26 Å². The first kappa shape index (κ1) is 13.3.